The molecule has 0 N–H and O–H groups in total. The largest absolute Gasteiger partial charge is 0.274 e. The van der Waals surface area contributed by atoms with Crippen LogP contribution >= 0.6 is 0 Å². The molecule has 0 aliphatic rings. The van der Waals surface area contributed by atoms with Gasteiger partial charge in [-0.05, 0) is 12.8 Å². The van der Waals surface area contributed by atoms with Gasteiger partial charge in [0, 0.05) is 18.7 Å². The first-order chi connectivity index (χ1) is 5.49. The van der Waals surface area contributed by atoms with Crippen molar-refractivity contribution in [3.63, 3.8) is 0 Å². The Bertz CT molecular complexity index is 188. The SMILES string of the molecule is C/N=C(\N=C(/C)C(C)C)C(C)C. The first-order valence-electron chi connectivity index (χ1n) is 4.50. The summed E-state index contributed by atoms with van der Waals surface area (Å²) >= 11 is 0. The molecule has 0 aromatic heterocycles. The average molecular weight is 168 g/mol. The van der Waals surface area contributed by atoms with Gasteiger partial charge in [0.25, 0.3) is 0 Å². The number of hydrogen-bond acceptors (Lipinski definition) is 1. The molecule has 0 spiro atoms. The molecule has 0 heterocycles. The van der Waals surface area contributed by atoms with E-state index in [0.717, 1.165) is 11.5 Å². The monoisotopic (exact) mass is 168 g/mol. The quantitative estimate of drug-likeness (QED) is 0.447. The van der Waals surface area contributed by atoms with Crippen LogP contribution in [0.15, 0.2) is 9.98 Å². The second-order valence-corrected chi connectivity index (χ2v) is 3.64. The highest BCUT2D eigenvalue weighted by atomic mass is 14.9. The average Bonchev–Trinajstić information content (AvgIpc) is 1.98. The Labute approximate surface area is 75.8 Å². The van der Waals surface area contributed by atoms with Crippen LogP contribution in [0.3, 0.4) is 0 Å². The van der Waals surface area contributed by atoms with E-state index in [1.54, 1.807) is 7.05 Å². The topological polar surface area (TPSA) is 24.7 Å². The molecule has 0 aromatic carbocycles. The standard InChI is InChI=1S/C10H20N2/c1-7(2)9(5)12-10(11-6)8(3)4/h7-8H,1-6H3/b11-10-,12-9+. The third kappa shape index (κ3) is 3.65. The summed E-state index contributed by atoms with van der Waals surface area (Å²) in [4.78, 5) is 8.60. The molecule has 0 saturated carbocycles. The van der Waals surface area contributed by atoms with Crippen molar-refractivity contribution in [2.75, 3.05) is 7.05 Å². The summed E-state index contributed by atoms with van der Waals surface area (Å²) in [5, 5.41) is 0. The number of hydrogen-bond donors (Lipinski definition) is 0. The summed E-state index contributed by atoms with van der Waals surface area (Å²) < 4.78 is 0. The molecule has 0 radical (unpaired) electrons. The fraction of sp³-hybridized carbons (Fsp3) is 0.800. The molecule has 0 unspecified atom stereocenters. The molecule has 0 amide bonds. The van der Waals surface area contributed by atoms with E-state index in [-0.39, 0.29) is 0 Å². The summed E-state index contributed by atoms with van der Waals surface area (Å²) in [6, 6.07) is 0. The van der Waals surface area contributed by atoms with Gasteiger partial charge >= 0.3 is 0 Å². The molecule has 70 valence electrons. The Morgan fingerprint density at radius 2 is 1.50 bits per heavy atom. The van der Waals surface area contributed by atoms with Gasteiger partial charge in [0.2, 0.25) is 0 Å². The molecule has 0 aliphatic carbocycles. The van der Waals surface area contributed by atoms with Crippen molar-refractivity contribution in [3.8, 4) is 0 Å². The normalized spacial score (nSPS) is 14.7. The fourth-order valence-electron chi connectivity index (χ4n) is 0.747. The molecule has 0 saturated heterocycles. The smallest absolute Gasteiger partial charge is 0.125 e. The zero-order chi connectivity index (χ0) is 9.72. The van der Waals surface area contributed by atoms with E-state index < -0.39 is 0 Å². The molecule has 0 rings (SSSR count). The van der Waals surface area contributed by atoms with E-state index in [1.807, 2.05) is 0 Å². The Morgan fingerprint density at radius 3 is 1.75 bits per heavy atom. The van der Waals surface area contributed by atoms with Gasteiger partial charge in [-0.1, -0.05) is 27.7 Å². The van der Waals surface area contributed by atoms with Gasteiger partial charge in [0.1, 0.15) is 5.84 Å². The van der Waals surface area contributed by atoms with Crippen molar-refractivity contribution in [1.29, 1.82) is 0 Å². The first-order valence-corrected chi connectivity index (χ1v) is 4.50. The fourth-order valence-corrected chi connectivity index (χ4v) is 0.747. The highest BCUT2D eigenvalue weighted by Crippen LogP contribution is 2.03. The van der Waals surface area contributed by atoms with Crippen LogP contribution in [0, 0.1) is 11.8 Å². The molecular weight excluding hydrogens is 148 g/mol. The third-order valence-corrected chi connectivity index (χ3v) is 1.87. The summed E-state index contributed by atoms with van der Waals surface area (Å²) in [5.41, 5.74) is 1.16. The van der Waals surface area contributed by atoms with Crippen LogP contribution in [-0.4, -0.2) is 18.6 Å². The van der Waals surface area contributed by atoms with Crippen molar-refractivity contribution < 1.29 is 0 Å². The van der Waals surface area contributed by atoms with E-state index in [4.69, 9.17) is 0 Å². The van der Waals surface area contributed by atoms with Gasteiger partial charge in [-0.2, -0.15) is 0 Å². The second kappa shape index (κ2) is 5.07. The van der Waals surface area contributed by atoms with Crippen LogP contribution in [0.5, 0.6) is 0 Å². The predicted octanol–water partition coefficient (Wildman–Crippen LogP) is 2.79. The summed E-state index contributed by atoms with van der Waals surface area (Å²) in [6.07, 6.45) is 0. The minimum Gasteiger partial charge on any atom is -0.274 e. The van der Waals surface area contributed by atoms with Crippen molar-refractivity contribution in [2.45, 2.75) is 34.6 Å². The minimum absolute atomic E-state index is 0.420. The summed E-state index contributed by atoms with van der Waals surface area (Å²) in [5.74, 6) is 1.88. The molecule has 2 heteroatoms. The van der Waals surface area contributed by atoms with Gasteiger partial charge in [0.05, 0.1) is 0 Å². The second-order valence-electron chi connectivity index (χ2n) is 3.64. The van der Waals surface area contributed by atoms with Crippen molar-refractivity contribution in [2.24, 2.45) is 21.8 Å². The van der Waals surface area contributed by atoms with E-state index in [2.05, 4.69) is 44.6 Å². The highest BCUT2D eigenvalue weighted by molar-refractivity contribution is 5.98. The van der Waals surface area contributed by atoms with E-state index in [0.29, 0.717) is 11.8 Å². The van der Waals surface area contributed by atoms with Gasteiger partial charge < -0.3 is 0 Å². The van der Waals surface area contributed by atoms with Crippen LogP contribution in [0.1, 0.15) is 34.6 Å². The third-order valence-electron chi connectivity index (χ3n) is 1.87. The van der Waals surface area contributed by atoms with Crippen LogP contribution in [0.25, 0.3) is 0 Å². The maximum atomic E-state index is 4.46. The zero-order valence-corrected chi connectivity index (χ0v) is 9.05. The lowest BCUT2D eigenvalue weighted by Crippen LogP contribution is -2.10. The molecule has 0 aromatic rings. The van der Waals surface area contributed by atoms with Crippen LogP contribution < -0.4 is 0 Å². The molecule has 2 nitrogen and oxygen atoms in total. The van der Waals surface area contributed by atoms with Crippen molar-refractivity contribution >= 4 is 11.5 Å². The van der Waals surface area contributed by atoms with Gasteiger partial charge in [-0.15, -0.1) is 0 Å². The number of aliphatic imine (C=N–C) groups is 2. The number of rotatable bonds is 2. The lowest BCUT2D eigenvalue weighted by Gasteiger charge is -2.07. The van der Waals surface area contributed by atoms with Gasteiger partial charge in [-0.3, -0.25) is 4.99 Å². The molecule has 12 heavy (non-hydrogen) atoms. The minimum atomic E-state index is 0.420. The summed E-state index contributed by atoms with van der Waals surface area (Å²) in [6.45, 7) is 10.6. The Morgan fingerprint density at radius 1 is 1.00 bits per heavy atom. The van der Waals surface area contributed by atoms with Gasteiger partial charge in [-0.25, -0.2) is 4.99 Å². The highest BCUT2D eigenvalue weighted by Gasteiger charge is 2.04. The molecular formula is C10H20N2. The van der Waals surface area contributed by atoms with Crippen LogP contribution in [0.4, 0.5) is 0 Å². The van der Waals surface area contributed by atoms with E-state index >= 15 is 0 Å². The Kier molecular flexibility index (Phi) is 4.79. The van der Waals surface area contributed by atoms with Crippen LogP contribution in [-0.2, 0) is 0 Å². The molecule has 0 atom stereocenters. The number of nitrogens with zero attached hydrogens (tertiary/aromatic N) is 2. The van der Waals surface area contributed by atoms with Gasteiger partial charge in [0.15, 0.2) is 0 Å². The Hall–Kier alpha value is -0.660. The lowest BCUT2D eigenvalue weighted by atomic mass is 10.1. The van der Waals surface area contributed by atoms with E-state index in [1.165, 1.54) is 0 Å². The van der Waals surface area contributed by atoms with Crippen molar-refractivity contribution in [1.82, 2.24) is 0 Å². The maximum absolute atomic E-state index is 4.46. The molecule has 0 fully saturated rings. The lowest BCUT2D eigenvalue weighted by molar-refractivity contribution is 0.851. The Balaban J connectivity index is 4.49. The van der Waals surface area contributed by atoms with Crippen LogP contribution in [0.2, 0.25) is 0 Å². The first kappa shape index (κ1) is 11.3. The predicted molar refractivity (Wildman–Crippen MR) is 56.1 cm³/mol. The molecule has 0 bridgehead atoms. The maximum Gasteiger partial charge on any atom is 0.125 e. The van der Waals surface area contributed by atoms with Crippen molar-refractivity contribution in [3.05, 3.63) is 0 Å². The zero-order valence-electron chi connectivity index (χ0n) is 9.05. The van der Waals surface area contributed by atoms with E-state index in [9.17, 15) is 0 Å². The number of amidine groups is 1. The summed E-state index contributed by atoms with van der Waals surface area (Å²) in [7, 11) is 1.80. The molecule has 0 aliphatic heterocycles.